The summed E-state index contributed by atoms with van der Waals surface area (Å²) in [5.74, 6) is 2.42. The molecule has 3 fully saturated rings. The molecule has 3 heterocycles. The van der Waals surface area contributed by atoms with Gasteiger partial charge in [0.05, 0.1) is 23.4 Å². The van der Waals surface area contributed by atoms with Gasteiger partial charge in [-0.1, -0.05) is 32.1 Å². The zero-order chi connectivity index (χ0) is 18.6. The third-order valence-corrected chi connectivity index (χ3v) is 7.43. The molecule has 1 aromatic heterocycles. The van der Waals surface area contributed by atoms with Gasteiger partial charge >= 0.3 is 0 Å². The van der Waals surface area contributed by atoms with Crippen LogP contribution in [-0.4, -0.2) is 47.1 Å². The lowest BCUT2D eigenvalue weighted by atomic mass is 9.85. The Kier molecular flexibility index (Phi) is 6.23. The van der Waals surface area contributed by atoms with Gasteiger partial charge in [-0.25, -0.2) is 0 Å². The Morgan fingerprint density at radius 2 is 2.07 bits per heavy atom. The monoisotopic (exact) mass is 391 g/mol. The molecule has 1 aliphatic carbocycles. The molecule has 0 aromatic carbocycles. The van der Waals surface area contributed by atoms with Gasteiger partial charge in [0, 0.05) is 6.54 Å². The molecule has 3 aliphatic rings. The zero-order valence-corrected chi connectivity index (χ0v) is 16.6. The number of amides is 1. The van der Waals surface area contributed by atoms with Crippen molar-refractivity contribution < 1.29 is 18.7 Å². The average molecular weight is 392 g/mol. The fraction of sp³-hybridized carbons (Fsp3) is 0.714. The number of thioether (sulfide) groups is 1. The predicted molar refractivity (Wildman–Crippen MR) is 104 cm³/mol. The number of fused-ring (bicyclic) bond motifs is 1. The molecule has 4 rings (SSSR count). The summed E-state index contributed by atoms with van der Waals surface area (Å²) in [5.41, 5.74) is 0. The van der Waals surface area contributed by atoms with Gasteiger partial charge in [0.25, 0.3) is 0 Å². The van der Waals surface area contributed by atoms with E-state index in [0.29, 0.717) is 18.2 Å². The van der Waals surface area contributed by atoms with Crippen molar-refractivity contribution in [2.45, 2.75) is 74.5 Å². The number of nitrogens with zero attached hydrogens (tertiary/aromatic N) is 1. The predicted octanol–water partition coefficient (Wildman–Crippen LogP) is 3.81. The van der Waals surface area contributed by atoms with Crippen LogP contribution >= 0.6 is 11.8 Å². The van der Waals surface area contributed by atoms with Crippen molar-refractivity contribution in [2.75, 3.05) is 13.2 Å². The summed E-state index contributed by atoms with van der Waals surface area (Å²) in [6, 6.07) is 3.49. The molecule has 0 N–H and O–H groups in total. The van der Waals surface area contributed by atoms with Crippen LogP contribution in [0.4, 0.5) is 0 Å². The van der Waals surface area contributed by atoms with Crippen LogP contribution in [0, 0.1) is 5.92 Å². The first-order valence-electron chi connectivity index (χ1n) is 10.3. The van der Waals surface area contributed by atoms with Gasteiger partial charge in [0.2, 0.25) is 5.91 Å². The molecule has 5 nitrogen and oxygen atoms in total. The Labute approximate surface area is 165 Å². The Morgan fingerprint density at radius 3 is 2.85 bits per heavy atom. The van der Waals surface area contributed by atoms with Gasteiger partial charge in [0.1, 0.15) is 18.4 Å². The van der Waals surface area contributed by atoms with E-state index >= 15 is 0 Å². The zero-order valence-electron chi connectivity index (χ0n) is 15.8. The molecule has 148 valence electrons. The molecule has 3 atom stereocenters. The molecular formula is C21H29NO4S. The quantitative estimate of drug-likeness (QED) is 0.738. The third-order valence-electron chi connectivity index (χ3n) is 6.18. The maximum Gasteiger partial charge on any atom is 0.236 e. The summed E-state index contributed by atoms with van der Waals surface area (Å²) in [6.07, 6.45) is 10.6. The molecule has 0 spiro atoms. The second kappa shape index (κ2) is 8.82. The Morgan fingerprint density at radius 1 is 1.22 bits per heavy atom. The number of hydrogen-bond acceptors (Lipinski definition) is 5. The number of furan rings is 1. The number of ketones is 1. The van der Waals surface area contributed by atoms with Crippen LogP contribution in [-0.2, 0) is 20.1 Å². The van der Waals surface area contributed by atoms with Crippen LogP contribution in [0.25, 0.3) is 0 Å². The highest BCUT2D eigenvalue weighted by atomic mass is 32.2. The number of rotatable bonds is 6. The van der Waals surface area contributed by atoms with Crippen LogP contribution in [0.15, 0.2) is 22.8 Å². The third kappa shape index (κ3) is 4.43. The van der Waals surface area contributed by atoms with E-state index in [0.717, 1.165) is 25.0 Å². The molecule has 6 heteroatoms. The number of carbonyl (C=O) groups excluding carboxylic acids is 2. The first kappa shape index (κ1) is 19.1. The molecular weight excluding hydrogens is 362 g/mol. The summed E-state index contributed by atoms with van der Waals surface area (Å²) in [6.45, 7) is 0.837. The first-order valence-corrected chi connectivity index (χ1v) is 11.4. The van der Waals surface area contributed by atoms with Gasteiger partial charge < -0.3 is 14.1 Å². The highest BCUT2D eigenvalue weighted by molar-refractivity contribution is 7.99. The minimum atomic E-state index is -0.357. The second-order valence-corrected chi connectivity index (χ2v) is 9.24. The van der Waals surface area contributed by atoms with E-state index in [9.17, 15) is 9.59 Å². The van der Waals surface area contributed by atoms with Crippen LogP contribution in [0.5, 0.6) is 0 Å². The van der Waals surface area contributed by atoms with E-state index in [-0.39, 0.29) is 35.7 Å². The fourth-order valence-electron chi connectivity index (χ4n) is 4.77. The summed E-state index contributed by atoms with van der Waals surface area (Å²) in [4.78, 5) is 27.7. The molecule has 27 heavy (non-hydrogen) atoms. The van der Waals surface area contributed by atoms with Gasteiger partial charge in [0.15, 0.2) is 5.78 Å². The largest absolute Gasteiger partial charge is 0.468 e. The van der Waals surface area contributed by atoms with Crippen molar-refractivity contribution in [1.29, 1.82) is 0 Å². The number of ether oxygens (including phenoxy) is 1. The molecule has 0 bridgehead atoms. The number of Topliss-reactive ketones (excluding diaryl/α,β-unsaturated/α-hetero) is 1. The van der Waals surface area contributed by atoms with E-state index in [1.807, 2.05) is 17.0 Å². The molecule has 0 radical (unpaired) electrons. The van der Waals surface area contributed by atoms with E-state index in [1.54, 1.807) is 18.0 Å². The minimum absolute atomic E-state index is 0.0699. The fourth-order valence-corrected chi connectivity index (χ4v) is 5.98. The van der Waals surface area contributed by atoms with Gasteiger partial charge in [-0.3, -0.25) is 9.59 Å². The summed E-state index contributed by atoms with van der Waals surface area (Å²) in [5, 5.41) is -0.106. The van der Waals surface area contributed by atoms with Crippen molar-refractivity contribution in [2.24, 2.45) is 5.92 Å². The van der Waals surface area contributed by atoms with Gasteiger partial charge in [-0.2, -0.15) is 0 Å². The molecule has 1 amide bonds. The van der Waals surface area contributed by atoms with E-state index in [4.69, 9.17) is 9.15 Å². The van der Waals surface area contributed by atoms with Crippen molar-refractivity contribution in [3.8, 4) is 0 Å². The van der Waals surface area contributed by atoms with Crippen LogP contribution in [0.3, 0.4) is 0 Å². The first-order chi connectivity index (χ1) is 13.2. The standard InChI is InChI=1S/C21H29NO4S/c23-17-13-26-18-9-4-10-22(20(17)18)21(24)19(12-15-6-2-1-3-7-15)27-14-16-8-5-11-25-16/h5,8,11,15,18-20H,1-4,6-7,9-10,12-14H2/t18-,19+,20-/m1/s1. The number of likely N-dealkylation sites (tertiary alicyclic amines) is 1. The summed E-state index contributed by atoms with van der Waals surface area (Å²) in [7, 11) is 0. The topological polar surface area (TPSA) is 59.8 Å². The average Bonchev–Trinajstić information content (AvgIpc) is 3.35. The Bertz CT molecular complexity index is 641. The normalized spacial score (nSPS) is 27.6. The van der Waals surface area contributed by atoms with Crippen LogP contribution < -0.4 is 0 Å². The van der Waals surface area contributed by atoms with Crippen LogP contribution in [0.1, 0.15) is 57.1 Å². The lowest BCUT2D eigenvalue weighted by Gasteiger charge is -2.38. The smallest absolute Gasteiger partial charge is 0.236 e. The maximum atomic E-state index is 13.5. The summed E-state index contributed by atoms with van der Waals surface area (Å²) < 4.78 is 11.1. The number of hydrogen-bond donors (Lipinski definition) is 0. The lowest BCUT2D eigenvalue weighted by molar-refractivity contribution is -0.140. The molecule has 2 saturated heterocycles. The van der Waals surface area contributed by atoms with E-state index in [1.165, 1.54) is 32.1 Å². The minimum Gasteiger partial charge on any atom is -0.468 e. The Hall–Kier alpha value is -1.27. The number of carbonyl (C=O) groups is 2. The molecule has 2 aliphatic heterocycles. The molecule has 0 unspecified atom stereocenters. The maximum absolute atomic E-state index is 13.5. The van der Waals surface area contributed by atoms with E-state index < -0.39 is 0 Å². The van der Waals surface area contributed by atoms with Crippen molar-refractivity contribution in [3.63, 3.8) is 0 Å². The molecule has 1 aromatic rings. The Balaban J connectivity index is 1.47. The van der Waals surface area contributed by atoms with Gasteiger partial charge in [-0.15, -0.1) is 11.8 Å². The van der Waals surface area contributed by atoms with Gasteiger partial charge in [-0.05, 0) is 37.3 Å². The van der Waals surface area contributed by atoms with Crippen molar-refractivity contribution >= 4 is 23.5 Å². The highest BCUT2D eigenvalue weighted by Gasteiger charge is 2.45. The van der Waals surface area contributed by atoms with Crippen molar-refractivity contribution in [1.82, 2.24) is 4.90 Å². The van der Waals surface area contributed by atoms with E-state index in [2.05, 4.69) is 0 Å². The lowest BCUT2D eigenvalue weighted by Crippen LogP contribution is -2.54. The highest BCUT2D eigenvalue weighted by Crippen LogP contribution is 2.35. The second-order valence-electron chi connectivity index (χ2n) is 8.05. The molecule has 1 saturated carbocycles. The summed E-state index contributed by atoms with van der Waals surface area (Å²) >= 11 is 1.67. The SMILES string of the molecule is O=C1CO[C@@H]2CCCN(C(=O)[C@H](CC3CCCCC3)SCc3ccco3)[C@H]12. The number of piperidine rings is 1. The van der Waals surface area contributed by atoms with Crippen molar-refractivity contribution in [3.05, 3.63) is 24.2 Å². The van der Waals surface area contributed by atoms with Crippen LogP contribution in [0.2, 0.25) is 0 Å².